The molecule has 7 heteroatoms. The van der Waals surface area contributed by atoms with E-state index < -0.39 is 15.1 Å². The van der Waals surface area contributed by atoms with Crippen LogP contribution in [0.3, 0.4) is 0 Å². The molecule has 1 unspecified atom stereocenters. The maximum absolute atomic E-state index is 11.4. The van der Waals surface area contributed by atoms with Crippen LogP contribution in [0.2, 0.25) is 0 Å². The van der Waals surface area contributed by atoms with Crippen LogP contribution in [0.1, 0.15) is 23.7 Å². The van der Waals surface area contributed by atoms with Gasteiger partial charge in [0.2, 0.25) is 0 Å². The van der Waals surface area contributed by atoms with Crippen LogP contribution in [0.15, 0.2) is 4.79 Å². The molecule has 84 valence electrons. The van der Waals surface area contributed by atoms with Crippen molar-refractivity contribution in [3.8, 4) is 0 Å². The Kier molecular flexibility index (Phi) is 3.54. The summed E-state index contributed by atoms with van der Waals surface area (Å²) in [6.45, 7) is 3.18. The Balaban J connectivity index is 3.36. The van der Waals surface area contributed by atoms with Crippen molar-refractivity contribution in [1.29, 1.82) is 0 Å². The Bertz CT molecular complexity index is 535. The summed E-state index contributed by atoms with van der Waals surface area (Å²) >= 11 is 1.87. The van der Waals surface area contributed by atoms with Crippen LogP contribution in [-0.2, 0) is 9.84 Å². The molecule has 15 heavy (non-hydrogen) atoms. The number of nitrogens with one attached hydrogen (secondary N) is 1. The minimum absolute atomic E-state index is 0.195. The largest absolute Gasteiger partial charge is 0.309 e. The first-order chi connectivity index (χ1) is 6.73. The molecule has 0 radical (unpaired) electrons. The second-order valence-corrected chi connectivity index (χ2v) is 6.77. The van der Waals surface area contributed by atoms with E-state index in [0.29, 0.717) is 9.26 Å². The van der Waals surface area contributed by atoms with Crippen molar-refractivity contribution in [2.75, 3.05) is 6.26 Å². The molecule has 1 heterocycles. The van der Waals surface area contributed by atoms with E-state index in [4.69, 9.17) is 0 Å². The fourth-order valence-corrected chi connectivity index (χ4v) is 1.76. The number of rotatable bonds is 2. The SMILES string of the molecule is Cc1nc(C(C)S(C)(=O)=O)[nH]c(=O)c1I. The highest BCUT2D eigenvalue weighted by Crippen LogP contribution is 2.16. The zero-order valence-corrected chi connectivity index (χ0v) is 11.5. The molecule has 0 amide bonds. The molecule has 0 saturated heterocycles. The predicted molar refractivity (Wildman–Crippen MR) is 65.6 cm³/mol. The summed E-state index contributed by atoms with van der Waals surface area (Å²) < 4.78 is 23.0. The average molecular weight is 342 g/mol. The number of sulfone groups is 1. The Morgan fingerprint density at radius 3 is 2.40 bits per heavy atom. The molecule has 1 aromatic heterocycles. The predicted octanol–water partition coefficient (Wildman–Crippen LogP) is 0.789. The van der Waals surface area contributed by atoms with Gasteiger partial charge in [-0.25, -0.2) is 13.4 Å². The molecule has 1 N–H and O–H groups in total. The van der Waals surface area contributed by atoms with E-state index in [1.807, 2.05) is 22.6 Å². The van der Waals surface area contributed by atoms with Crippen LogP contribution < -0.4 is 5.56 Å². The summed E-state index contributed by atoms with van der Waals surface area (Å²) in [5.74, 6) is 0.195. The molecule has 0 aliphatic heterocycles. The van der Waals surface area contributed by atoms with Crippen LogP contribution in [0.5, 0.6) is 0 Å². The molecule has 1 atom stereocenters. The minimum atomic E-state index is -3.24. The van der Waals surface area contributed by atoms with E-state index in [0.717, 1.165) is 6.26 Å². The summed E-state index contributed by atoms with van der Waals surface area (Å²) in [7, 11) is -3.24. The van der Waals surface area contributed by atoms with Crippen molar-refractivity contribution in [1.82, 2.24) is 9.97 Å². The van der Waals surface area contributed by atoms with Gasteiger partial charge in [-0.05, 0) is 36.4 Å². The number of halogens is 1. The highest BCUT2D eigenvalue weighted by molar-refractivity contribution is 14.1. The highest BCUT2D eigenvalue weighted by atomic mass is 127. The van der Waals surface area contributed by atoms with Crippen LogP contribution in [0.4, 0.5) is 0 Å². The number of nitrogens with zero attached hydrogens (tertiary/aromatic N) is 1. The van der Waals surface area contributed by atoms with Crippen molar-refractivity contribution in [3.63, 3.8) is 0 Å². The number of H-pyrrole nitrogens is 1. The molecule has 0 bridgehead atoms. The van der Waals surface area contributed by atoms with E-state index in [1.165, 1.54) is 6.92 Å². The maximum atomic E-state index is 11.4. The lowest BCUT2D eigenvalue weighted by atomic mass is 10.4. The monoisotopic (exact) mass is 342 g/mol. The van der Waals surface area contributed by atoms with Crippen molar-refractivity contribution in [2.24, 2.45) is 0 Å². The molecule has 1 aromatic rings. The van der Waals surface area contributed by atoms with E-state index in [1.54, 1.807) is 6.92 Å². The van der Waals surface area contributed by atoms with E-state index in [-0.39, 0.29) is 11.4 Å². The number of hydrogen-bond acceptors (Lipinski definition) is 4. The summed E-state index contributed by atoms with van der Waals surface area (Å²) in [6, 6.07) is 0. The quantitative estimate of drug-likeness (QED) is 0.806. The van der Waals surface area contributed by atoms with Gasteiger partial charge in [0.15, 0.2) is 9.84 Å². The van der Waals surface area contributed by atoms with Gasteiger partial charge in [0.25, 0.3) is 5.56 Å². The lowest BCUT2D eigenvalue weighted by Gasteiger charge is -2.09. The molecule has 0 saturated carbocycles. The Labute approximate surface area is 101 Å². The molecule has 5 nitrogen and oxygen atoms in total. The Morgan fingerprint density at radius 2 is 2.00 bits per heavy atom. The first-order valence-corrected chi connectivity index (χ1v) is 7.22. The second kappa shape index (κ2) is 4.20. The molecule has 0 aromatic carbocycles. The first kappa shape index (κ1) is 12.6. The van der Waals surface area contributed by atoms with Crippen LogP contribution in [0, 0.1) is 10.5 Å². The number of aryl methyl sites for hydroxylation is 1. The third kappa shape index (κ3) is 2.77. The smallest absolute Gasteiger partial charge is 0.264 e. The first-order valence-electron chi connectivity index (χ1n) is 4.18. The van der Waals surface area contributed by atoms with Gasteiger partial charge in [0.05, 0.1) is 9.26 Å². The molecule has 0 spiro atoms. The molecule has 0 fully saturated rings. The highest BCUT2D eigenvalue weighted by Gasteiger charge is 2.20. The van der Waals surface area contributed by atoms with Gasteiger partial charge in [-0.1, -0.05) is 0 Å². The van der Waals surface area contributed by atoms with E-state index in [2.05, 4.69) is 9.97 Å². The van der Waals surface area contributed by atoms with Gasteiger partial charge in [0.1, 0.15) is 11.1 Å². The lowest BCUT2D eigenvalue weighted by Crippen LogP contribution is -2.21. The van der Waals surface area contributed by atoms with Crippen molar-refractivity contribution in [2.45, 2.75) is 19.1 Å². The maximum Gasteiger partial charge on any atom is 0.264 e. The van der Waals surface area contributed by atoms with Crippen LogP contribution in [0.25, 0.3) is 0 Å². The summed E-state index contributed by atoms with van der Waals surface area (Å²) in [5, 5.41) is -0.791. The van der Waals surface area contributed by atoms with Gasteiger partial charge < -0.3 is 4.98 Å². The third-order valence-electron chi connectivity index (χ3n) is 2.07. The fraction of sp³-hybridized carbons (Fsp3) is 0.500. The van der Waals surface area contributed by atoms with Gasteiger partial charge in [-0.2, -0.15) is 0 Å². The topological polar surface area (TPSA) is 79.9 Å². The molecular formula is C8H11IN2O3S. The second-order valence-electron chi connectivity index (χ2n) is 3.32. The summed E-state index contributed by atoms with van der Waals surface area (Å²) in [6.07, 6.45) is 1.12. The fourth-order valence-electron chi connectivity index (χ4n) is 0.989. The third-order valence-corrected chi connectivity index (χ3v) is 4.85. The molecule has 0 aliphatic rings. The van der Waals surface area contributed by atoms with Crippen molar-refractivity contribution in [3.05, 3.63) is 25.4 Å². The van der Waals surface area contributed by atoms with E-state index >= 15 is 0 Å². The summed E-state index contributed by atoms with van der Waals surface area (Å²) in [5.41, 5.74) is 0.249. The van der Waals surface area contributed by atoms with E-state index in [9.17, 15) is 13.2 Å². The van der Waals surface area contributed by atoms with Gasteiger partial charge in [-0.15, -0.1) is 0 Å². The van der Waals surface area contributed by atoms with Crippen LogP contribution >= 0.6 is 22.6 Å². The van der Waals surface area contributed by atoms with Gasteiger partial charge in [0, 0.05) is 6.26 Å². The number of hydrogen-bond donors (Lipinski definition) is 1. The normalized spacial score (nSPS) is 13.9. The minimum Gasteiger partial charge on any atom is -0.309 e. The zero-order valence-electron chi connectivity index (χ0n) is 8.54. The lowest BCUT2D eigenvalue weighted by molar-refractivity contribution is 0.588. The van der Waals surface area contributed by atoms with Crippen LogP contribution in [-0.4, -0.2) is 24.6 Å². The standard InChI is InChI=1S/C8H11IN2O3S/c1-4-6(9)8(12)11-7(10-4)5(2)15(3,13)14/h5H,1-3H3,(H,10,11,12). The molecule has 1 rings (SSSR count). The Hall–Kier alpha value is -0.440. The number of aromatic amines is 1. The molecule has 0 aliphatic carbocycles. The molecular weight excluding hydrogens is 331 g/mol. The van der Waals surface area contributed by atoms with Crippen molar-refractivity contribution < 1.29 is 8.42 Å². The zero-order chi connectivity index (χ0) is 11.8. The van der Waals surface area contributed by atoms with Crippen molar-refractivity contribution >= 4 is 32.4 Å². The van der Waals surface area contributed by atoms with Gasteiger partial charge >= 0.3 is 0 Å². The van der Waals surface area contributed by atoms with Gasteiger partial charge in [-0.3, -0.25) is 4.79 Å². The average Bonchev–Trinajstić information content (AvgIpc) is 2.10. The Morgan fingerprint density at radius 1 is 1.47 bits per heavy atom. The summed E-state index contributed by atoms with van der Waals surface area (Å²) in [4.78, 5) is 17.9. The number of aromatic nitrogens is 2.